The van der Waals surface area contributed by atoms with Crippen LogP contribution >= 0.6 is 0 Å². The Morgan fingerprint density at radius 1 is 1.33 bits per heavy atom. The quantitative estimate of drug-likeness (QED) is 0.915. The number of nitrogens with one attached hydrogen (secondary N) is 1. The maximum absolute atomic E-state index is 11.4. The highest BCUT2D eigenvalue weighted by Crippen LogP contribution is 2.15. The predicted octanol–water partition coefficient (Wildman–Crippen LogP) is 2.55. The number of anilines is 1. The van der Waals surface area contributed by atoms with Crippen molar-refractivity contribution in [2.24, 2.45) is 0 Å². The molecule has 1 fully saturated rings. The lowest BCUT2D eigenvalue weighted by Gasteiger charge is -2.13. The SMILES string of the molecule is Cc1ncc(CNc2ccc(CN3CCOC3=O)cc2)o1. The molecule has 110 valence electrons. The van der Waals surface area contributed by atoms with Crippen molar-refractivity contribution in [2.75, 3.05) is 18.5 Å². The number of aryl methyl sites for hydroxylation is 1. The van der Waals surface area contributed by atoms with Crippen molar-refractivity contribution in [3.8, 4) is 0 Å². The number of amides is 1. The van der Waals surface area contributed by atoms with Gasteiger partial charge in [-0.3, -0.25) is 0 Å². The van der Waals surface area contributed by atoms with Gasteiger partial charge in [-0.05, 0) is 17.7 Å². The number of hydrogen-bond acceptors (Lipinski definition) is 5. The molecular formula is C15H17N3O3. The van der Waals surface area contributed by atoms with Gasteiger partial charge in [0.1, 0.15) is 12.4 Å². The number of oxazole rings is 1. The van der Waals surface area contributed by atoms with Crippen LogP contribution in [-0.2, 0) is 17.8 Å². The molecule has 0 radical (unpaired) electrons. The van der Waals surface area contributed by atoms with Crippen LogP contribution in [-0.4, -0.2) is 29.1 Å². The number of rotatable bonds is 5. The van der Waals surface area contributed by atoms with Gasteiger partial charge < -0.3 is 19.4 Å². The Morgan fingerprint density at radius 3 is 2.76 bits per heavy atom. The zero-order valence-electron chi connectivity index (χ0n) is 11.8. The first-order chi connectivity index (χ1) is 10.2. The number of carbonyl (C=O) groups is 1. The van der Waals surface area contributed by atoms with Crippen LogP contribution in [0.15, 0.2) is 34.9 Å². The predicted molar refractivity (Wildman–Crippen MR) is 76.8 cm³/mol. The van der Waals surface area contributed by atoms with E-state index in [1.165, 1.54) is 0 Å². The van der Waals surface area contributed by atoms with Gasteiger partial charge in [-0.15, -0.1) is 0 Å². The molecule has 1 saturated heterocycles. The molecule has 6 heteroatoms. The summed E-state index contributed by atoms with van der Waals surface area (Å²) in [6.45, 7) is 4.14. The van der Waals surface area contributed by atoms with E-state index in [9.17, 15) is 4.79 Å². The highest BCUT2D eigenvalue weighted by molar-refractivity contribution is 5.69. The molecule has 0 saturated carbocycles. The van der Waals surface area contributed by atoms with Crippen LogP contribution in [0.4, 0.5) is 10.5 Å². The summed E-state index contributed by atoms with van der Waals surface area (Å²) in [5.74, 6) is 1.47. The Labute approximate surface area is 122 Å². The molecule has 1 aromatic carbocycles. The van der Waals surface area contributed by atoms with Crippen molar-refractivity contribution < 1.29 is 13.9 Å². The minimum Gasteiger partial charge on any atom is -0.448 e. The molecule has 0 unspecified atom stereocenters. The van der Waals surface area contributed by atoms with Gasteiger partial charge in [0.15, 0.2) is 5.89 Å². The van der Waals surface area contributed by atoms with Gasteiger partial charge >= 0.3 is 6.09 Å². The van der Waals surface area contributed by atoms with Gasteiger partial charge in [0.25, 0.3) is 0 Å². The molecule has 2 aromatic rings. The molecular weight excluding hydrogens is 270 g/mol. The van der Waals surface area contributed by atoms with Crippen LogP contribution in [0.1, 0.15) is 17.2 Å². The molecule has 0 aliphatic carbocycles. The third-order valence-electron chi connectivity index (χ3n) is 3.31. The van der Waals surface area contributed by atoms with Crippen molar-refractivity contribution in [2.45, 2.75) is 20.0 Å². The molecule has 1 aliphatic heterocycles. The third-order valence-corrected chi connectivity index (χ3v) is 3.31. The number of ether oxygens (including phenoxy) is 1. The van der Waals surface area contributed by atoms with E-state index in [0.717, 1.165) is 17.0 Å². The summed E-state index contributed by atoms with van der Waals surface area (Å²) >= 11 is 0. The summed E-state index contributed by atoms with van der Waals surface area (Å²) in [6.07, 6.45) is 1.48. The average molecular weight is 287 g/mol. The van der Waals surface area contributed by atoms with Gasteiger partial charge in [0.05, 0.1) is 19.3 Å². The number of carbonyl (C=O) groups excluding carboxylic acids is 1. The van der Waals surface area contributed by atoms with Crippen LogP contribution in [0.5, 0.6) is 0 Å². The lowest BCUT2D eigenvalue weighted by molar-refractivity contribution is 0.157. The summed E-state index contributed by atoms with van der Waals surface area (Å²) in [7, 11) is 0. The maximum atomic E-state index is 11.4. The molecule has 2 heterocycles. The lowest BCUT2D eigenvalue weighted by Crippen LogP contribution is -2.23. The zero-order valence-corrected chi connectivity index (χ0v) is 11.8. The normalized spacial score (nSPS) is 14.3. The largest absolute Gasteiger partial charge is 0.448 e. The Kier molecular flexibility index (Phi) is 3.77. The Hall–Kier alpha value is -2.50. The second-order valence-corrected chi connectivity index (χ2v) is 4.93. The Morgan fingerprint density at radius 2 is 2.14 bits per heavy atom. The summed E-state index contributed by atoms with van der Waals surface area (Å²) in [5, 5.41) is 3.26. The van der Waals surface area contributed by atoms with Gasteiger partial charge in [0, 0.05) is 19.2 Å². The molecule has 1 aromatic heterocycles. The lowest BCUT2D eigenvalue weighted by atomic mass is 10.2. The molecule has 6 nitrogen and oxygen atoms in total. The zero-order chi connectivity index (χ0) is 14.7. The van der Waals surface area contributed by atoms with Crippen LogP contribution < -0.4 is 5.32 Å². The fourth-order valence-corrected chi connectivity index (χ4v) is 2.19. The van der Waals surface area contributed by atoms with E-state index in [0.29, 0.717) is 32.1 Å². The number of hydrogen-bond donors (Lipinski definition) is 1. The van der Waals surface area contributed by atoms with Crippen molar-refractivity contribution >= 4 is 11.8 Å². The van der Waals surface area contributed by atoms with Gasteiger partial charge in [-0.2, -0.15) is 0 Å². The van der Waals surface area contributed by atoms with Crippen molar-refractivity contribution in [3.05, 3.63) is 47.7 Å². The molecule has 3 rings (SSSR count). The fourth-order valence-electron chi connectivity index (χ4n) is 2.19. The first-order valence-electron chi connectivity index (χ1n) is 6.86. The third kappa shape index (κ3) is 3.34. The number of aromatic nitrogens is 1. The summed E-state index contributed by atoms with van der Waals surface area (Å²) in [5.41, 5.74) is 2.08. The minimum absolute atomic E-state index is 0.238. The van der Waals surface area contributed by atoms with Crippen LogP contribution in [0, 0.1) is 6.92 Å². The minimum atomic E-state index is -0.238. The van der Waals surface area contributed by atoms with E-state index in [1.807, 2.05) is 31.2 Å². The number of benzene rings is 1. The van der Waals surface area contributed by atoms with E-state index in [-0.39, 0.29) is 6.09 Å². The first-order valence-corrected chi connectivity index (χ1v) is 6.86. The molecule has 1 aliphatic rings. The van der Waals surface area contributed by atoms with E-state index in [4.69, 9.17) is 9.15 Å². The van der Waals surface area contributed by atoms with E-state index >= 15 is 0 Å². The van der Waals surface area contributed by atoms with Gasteiger partial charge in [-0.25, -0.2) is 9.78 Å². The Balaban J connectivity index is 1.55. The smallest absolute Gasteiger partial charge is 0.410 e. The molecule has 1 N–H and O–H groups in total. The van der Waals surface area contributed by atoms with E-state index in [1.54, 1.807) is 11.1 Å². The van der Waals surface area contributed by atoms with Crippen molar-refractivity contribution in [1.29, 1.82) is 0 Å². The molecule has 0 bridgehead atoms. The second-order valence-electron chi connectivity index (χ2n) is 4.93. The molecule has 0 spiro atoms. The van der Waals surface area contributed by atoms with Gasteiger partial charge in [0.2, 0.25) is 0 Å². The second kappa shape index (κ2) is 5.87. The maximum Gasteiger partial charge on any atom is 0.410 e. The van der Waals surface area contributed by atoms with E-state index in [2.05, 4.69) is 10.3 Å². The summed E-state index contributed by atoms with van der Waals surface area (Å²) in [4.78, 5) is 17.1. The van der Waals surface area contributed by atoms with Crippen LogP contribution in [0.25, 0.3) is 0 Å². The Bertz CT molecular complexity index is 621. The van der Waals surface area contributed by atoms with E-state index < -0.39 is 0 Å². The molecule has 1 amide bonds. The van der Waals surface area contributed by atoms with Crippen molar-refractivity contribution in [3.63, 3.8) is 0 Å². The number of cyclic esters (lactones) is 1. The van der Waals surface area contributed by atoms with Crippen LogP contribution in [0.2, 0.25) is 0 Å². The number of nitrogens with zero attached hydrogens (tertiary/aromatic N) is 2. The van der Waals surface area contributed by atoms with Crippen LogP contribution in [0.3, 0.4) is 0 Å². The topological polar surface area (TPSA) is 67.6 Å². The molecule has 0 atom stereocenters. The highest BCUT2D eigenvalue weighted by Gasteiger charge is 2.21. The molecule has 21 heavy (non-hydrogen) atoms. The fraction of sp³-hybridized carbons (Fsp3) is 0.333. The standard InChI is InChI=1S/C15H17N3O3/c1-11-16-8-14(21-11)9-17-13-4-2-12(3-5-13)10-18-6-7-20-15(18)19/h2-5,8,17H,6-7,9-10H2,1H3. The van der Waals surface area contributed by atoms with Gasteiger partial charge in [-0.1, -0.05) is 12.1 Å². The first kappa shape index (κ1) is 13.5. The van der Waals surface area contributed by atoms with Crippen molar-refractivity contribution in [1.82, 2.24) is 9.88 Å². The monoisotopic (exact) mass is 287 g/mol. The summed E-state index contributed by atoms with van der Waals surface area (Å²) < 4.78 is 10.3. The average Bonchev–Trinajstić information content (AvgIpc) is 3.08. The summed E-state index contributed by atoms with van der Waals surface area (Å²) in [6, 6.07) is 7.97. The highest BCUT2D eigenvalue weighted by atomic mass is 16.6.